The van der Waals surface area contributed by atoms with Gasteiger partial charge in [0.2, 0.25) is 11.8 Å². The van der Waals surface area contributed by atoms with Crippen LogP contribution in [-0.4, -0.2) is 42.4 Å². The molecule has 2 rings (SSSR count). The standard InChI is InChI=1S/C13H23N3O2/c1-13(12(14)18)5-7-16(9-13)11(17)8-10-4-2-3-6-15-10/h10,15H,2-9H2,1H3,(H2,14,18). The molecule has 0 saturated carbocycles. The first-order chi connectivity index (χ1) is 8.51. The molecule has 0 aromatic heterocycles. The molecular weight excluding hydrogens is 230 g/mol. The molecule has 0 bridgehead atoms. The van der Waals surface area contributed by atoms with E-state index in [4.69, 9.17) is 5.73 Å². The third-order valence-corrected chi connectivity index (χ3v) is 4.25. The highest BCUT2D eigenvalue weighted by Crippen LogP contribution is 2.30. The van der Waals surface area contributed by atoms with Crippen LogP contribution in [0.4, 0.5) is 0 Å². The van der Waals surface area contributed by atoms with E-state index in [1.54, 1.807) is 4.90 Å². The van der Waals surface area contributed by atoms with Gasteiger partial charge in [0.15, 0.2) is 0 Å². The first-order valence-electron chi connectivity index (χ1n) is 6.82. The maximum atomic E-state index is 12.2. The van der Waals surface area contributed by atoms with Crippen molar-refractivity contribution in [3.05, 3.63) is 0 Å². The van der Waals surface area contributed by atoms with Crippen molar-refractivity contribution in [3.63, 3.8) is 0 Å². The molecular formula is C13H23N3O2. The fourth-order valence-corrected chi connectivity index (χ4v) is 2.81. The Morgan fingerprint density at radius 1 is 1.44 bits per heavy atom. The molecule has 2 aliphatic heterocycles. The number of likely N-dealkylation sites (tertiary alicyclic amines) is 1. The Morgan fingerprint density at radius 3 is 2.78 bits per heavy atom. The number of hydrogen-bond donors (Lipinski definition) is 2. The number of nitrogens with one attached hydrogen (secondary N) is 1. The van der Waals surface area contributed by atoms with Gasteiger partial charge in [0.25, 0.3) is 0 Å². The van der Waals surface area contributed by atoms with Crippen LogP contribution in [0.3, 0.4) is 0 Å². The highest BCUT2D eigenvalue weighted by molar-refractivity contribution is 5.83. The molecule has 2 amide bonds. The zero-order valence-electron chi connectivity index (χ0n) is 11.1. The number of carbonyl (C=O) groups excluding carboxylic acids is 2. The lowest BCUT2D eigenvalue weighted by Gasteiger charge is -2.26. The summed E-state index contributed by atoms with van der Waals surface area (Å²) in [5.41, 5.74) is 4.86. The summed E-state index contributed by atoms with van der Waals surface area (Å²) in [6, 6.07) is 0.312. The third kappa shape index (κ3) is 2.83. The Morgan fingerprint density at radius 2 is 2.22 bits per heavy atom. The van der Waals surface area contributed by atoms with Gasteiger partial charge in [0.1, 0.15) is 0 Å². The minimum atomic E-state index is -0.532. The first-order valence-corrected chi connectivity index (χ1v) is 6.82. The highest BCUT2D eigenvalue weighted by Gasteiger charge is 2.40. The number of carbonyl (C=O) groups is 2. The zero-order chi connectivity index (χ0) is 13.2. The van der Waals surface area contributed by atoms with Gasteiger partial charge in [-0.1, -0.05) is 6.42 Å². The van der Waals surface area contributed by atoms with E-state index < -0.39 is 5.41 Å². The van der Waals surface area contributed by atoms with Gasteiger partial charge in [0, 0.05) is 25.6 Å². The summed E-state index contributed by atoms with van der Waals surface area (Å²) in [6.07, 6.45) is 4.71. The number of piperidine rings is 1. The number of amides is 2. The summed E-state index contributed by atoms with van der Waals surface area (Å²) in [7, 11) is 0. The van der Waals surface area contributed by atoms with E-state index in [0.29, 0.717) is 32.0 Å². The molecule has 2 atom stereocenters. The lowest BCUT2D eigenvalue weighted by molar-refractivity contribution is -0.132. The van der Waals surface area contributed by atoms with Crippen LogP contribution in [0.15, 0.2) is 0 Å². The van der Waals surface area contributed by atoms with E-state index >= 15 is 0 Å². The molecule has 0 aliphatic carbocycles. The molecule has 0 spiro atoms. The quantitative estimate of drug-likeness (QED) is 0.756. The molecule has 0 aromatic rings. The monoisotopic (exact) mass is 253 g/mol. The van der Waals surface area contributed by atoms with E-state index in [2.05, 4.69) is 5.32 Å². The van der Waals surface area contributed by atoms with Crippen LogP contribution < -0.4 is 11.1 Å². The van der Waals surface area contributed by atoms with Crippen molar-refractivity contribution < 1.29 is 9.59 Å². The Bertz CT molecular complexity index is 339. The normalized spacial score (nSPS) is 32.5. The molecule has 2 unspecified atom stereocenters. The summed E-state index contributed by atoms with van der Waals surface area (Å²) in [5, 5.41) is 3.38. The number of hydrogen-bond acceptors (Lipinski definition) is 3. The second-order valence-electron chi connectivity index (χ2n) is 5.84. The van der Waals surface area contributed by atoms with Crippen molar-refractivity contribution in [3.8, 4) is 0 Å². The van der Waals surface area contributed by atoms with Crippen LogP contribution in [-0.2, 0) is 9.59 Å². The van der Waals surface area contributed by atoms with Crippen LogP contribution in [0.2, 0.25) is 0 Å². The Balaban J connectivity index is 1.85. The van der Waals surface area contributed by atoms with E-state index in [-0.39, 0.29) is 11.8 Å². The molecule has 18 heavy (non-hydrogen) atoms. The van der Waals surface area contributed by atoms with Crippen molar-refractivity contribution in [2.75, 3.05) is 19.6 Å². The average molecular weight is 253 g/mol. The maximum Gasteiger partial charge on any atom is 0.225 e. The fourth-order valence-electron chi connectivity index (χ4n) is 2.81. The van der Waals surface area contributed by atoms with Crippen molar-refractivity contribution in [2.24, 2.45) is 11.1 Å². The molecule has 2 saturated heterocycles. The second-order valence-corrected chi connectivity index (χ2v) is 5.84. The molecule has 0 aromatic carbocycles. The van der Waals surface area contributed by atoms with Crippen LogP contribution in [0.1, 0.15) is 39.0 Å². The lowest BCUT2D eigenvalue weighted by Crippen LogP contribution is -2.42. The summed E-state index contributed by atoms with van der Waals surface area (Å²) in [4.78, 5) is 25.3. The molecule has 5 nitrogen and oxygen atoms in total. The van der Waals surface area contributed by atoms with Gasteiger partial charge in [-0.3, -0.25) is 9.59 Å². The van der Waals surface area contributed by atoms with Crippen molar-refractivity contribution in [2.45, 2.75) is 45.1 Å². The molecule has 2 heterocycles. The Hall–Kier alpha value is -1.10. The molecule has 102 valence electrons. The lowest BCUT2D eigenvalue weighted by atomic mass is 9.89. The van der Waals surface area contributed by atoms with E-state index in [0.717, 1.165) is 13.0 Å². The fraction of sp³-hybridized carbons (Fsp3) is 0.846. The second kappa shape index (κ2) is 5.26. The van der Waals surface area contributed by atoms with Crippen molar-refractivity contribution in [1.29, 1.82) is 0 Å². The number of primary amides is 1. The van der Waals surface area contributed by atoms with E-state index in [1.165, 1.54) is 12.8 Å². The predicted molar refractivity (Wildman–Crippen MR) is 68.8 cm³/mol. The average Bonchev–Trinajstić information content (AvgIpc) is 2.75. The van der Waals surface area contributed by atoms with Gasteiger partial charge in [-0.2, -0.15) is 0 Å². The van der Waals surface area contributed by atoms with Crippen LogP contribution in [0.5, 0.6) is 0 Å². The van der Waals surface area contributed by atoms with Gasteiger partial charge in [-0.25, -0.2) is 0 Å². The number of nitrogens with two attached hydrogens (primary N) is 1. The zero-order valence-corrected chi connectivity index (χ0v) is 11.1. The first kappa shape index (κ1) is 13.3. The molecule has 0 radical (unpaired) electrons. The number of nitrogens with zero attached hydrogens (tertiary/aromatic N) is 1. The Labute approximate surface area is 108 Å². The minimum Gasteiger partial charge on any atom is -0.369 e. The largest absolute Gasteiger partial charge is 0.369 e. The summed E-state index contributed by atoms with van der Waals surface area (Å²) in [6.45, 7) is 4.00. The van der Waals surface area contributed by atoms with Gasteiger partial charge < -0.3 is 16.0 Å². The number of rotatable bonds is 3. The van der Waals surface area contributed by atoms with E-state index in [1.807, 2.05) is 6.92 Å². The van der Waals surface area contributed by atoms with Gasteiger partial charge in [0.05, 0.1) is 5.41 Å². The van der Waals surface area contributed by atoms with E-state index in [9.17, 15) is 9.59 Å². The summed E-state index contributed by atoms with van der Waals surface area (Å²) < 4.78 is 0. The molecule has 2 fully saturated rings. The minimum absolute atomic E-state index is 0.152. The van der Waals surface area contributed by atoms with Crippen LogP contribution in [0, 0.1) is 5.41 Å². The van der Waals surface area contributed by atoms with Crippen LogP contribution in [0.25, 0.3) is 0 Å². The van der Waals surface area contributed by atoms with Crippen LogP contribution >= 0.6 is 0 Å². The van der Waals surface area contributed by atoms with Gasteiger partial charge in [-0.15, -0.1) is 0 Å². The Kier molecular flexibility index (Phi) is 3.90. The topological polar surface area (TPSA) is 75.4 Å². The SMILES string of the molecule is CC1(C(N)=O)CCN(C(=O)CC2CCCCN2)C1. The molecule has 2 aliphatic rings. The summed E-state index contributed by atoms with van der Waals surface area (Å²) in [5.74, 6) is -0.145. The van der Waals surface area contributed by atoms with Gasteiger partial charge in [-0.05, 0) is 32.7 Å². The molecule has 5 heteroatoms. The van der Waals surface area contributed by atoms with Crippen molar-refractivity contribution >= 4 is 11.8 Å². The highest BCUT2D eigenvalue weighted by atomic mass is 16.2. The smallest absolute Gasteiger partial charge is 0.225 e. The summed E-state index contributed by atoms with van der Waals surface area (Å²) >= 11 is 0. The maximum absolute atomic E-state index is 12.2. The van der Waals surface area contributed by atoms with Crippen molar-refractivity contribution in [1.82, 2.24) is 10.2 Å². The molecule has 3 N–H and O–H groups in total. The predicted octanol–water partition coefficient (Wildman–Crippen LogP) is 0.242. The van der Waals surface area contributed by atoms with Gasteiger partial charge >= 0.3 is 0 Å². The third-order valence-electron chi connectivity index (χ3n) is 4.25.